The first kappa shape index (κ1) is 19.7. The van der Waals surface area contributed by atoms with Gasteiger partial charge in [0.15, 0.2) is 0 Å². The summed E-state index contributed by atoms with van der Waals surface area (Å²) in [6.45, 7) is 6.09. The van der Waals surface area contributed by atoms with Crippen LogP contribution in [0, 0.1) is 5.92 Å². The highest BCUT2D eigenvalue weighted by Gasteiger charge is 2.12. The van der Waals surface area contributed by atoms with Crippen LogP contribution in [-0.2, 0) is 11.2 Å². The van der Waals surface area contributed by atoms with Crippen LogP contribution in [0.2, 0.25) is 0 Å². The number of hydrogen-bond donors (Lipinski definition) is 0. The minimum atomic E-state index is 0.445. The van der Waals surface area contributed by atoms with Gasteiger partial charge in [0.25, 0.3) is 0 Å². The standard InChI is InChI=1S/C22H34O/c1-3-5-6-7-8-12-16-22(23)19-21(13-4-2)18-17-20-14-10-9-11-15-20/h4,9-11,14-15,21H,2-3,5-8,12-13,16-19H2,1H3. The van der Waals surface area contributed by atoms with E-state index in [1.807, 2.05) is 6.08 Å². The monoisotopic (exact) mass is 314 g/mol. The number of allylic oxidation sites excluding steroid dienone is 1. The molecule has 128 valence electrons. The lowest BCUT2D eigenvalue weighted by Crippen LogP contribution is -2.09. The first-order valence-electron chi connectivity index (χ1n) is 9.42. The molecule has 0 aliphatic carbocycles. The molecule has 0 saturated carbocycles. The van der Waals surface area contributed by atoms with Crippen LogP contribution in [0.4, 0.5) is 0 Å². The van der Waals surface area contributed by atoms with Gasteiger partial charge < -0.3 is 0 Å². The number of hydrogen-bond acceptors (Lipinski definition) is 1. The molecule has 0 aromatic heterocycles. The maximum absolute atomic E-state index is 12.2. The molecule has 0 heterocycles. The molecular formula is C22H34O. The van der Waals surface area contributed by atoms with Crippen molar-refractivity contribution < 1.29 is 4.79 Å². The third-order valence-electron chi connectivity index (χ3n) is 4.51. The van der Waals surface area contributed by atoms with Crippen molar-refractivity contribution in [2.45, 2.75) is 77.6 Å². The van der Waals surface area contributed by atoms with Crippen molar-refractivity contribution in [1.29, 1.82) is 0 Å². The summed E-state index contributed by atoms with van der Waals surface area (Å²) in [5.74, 6) is 0.903. The Kier molecular flexibility index (Phi) is 11.2. The third kappa shape index (κ3) is 10.1. The van der Waals surface area contributed by atoms with Gasteiger partial charge >= 0.3 is 0 Å². The van der Waals surface area contributed by atoms with Crippen molar-refractivity contribution in [2.75, 3.05) is 0 Å². The van der Waals surface area contributed by atoms with E-state index in [9.17, 15) is 4.79 Å². The van der Waals surface area contributed by atoms with Gasteiger partial charge in [-0.15, -0.1) is 6.58 Å². The Morgan fingerprint density at radius 1 is 1.09 bits per heavy atom. The van der Waals surface area contributed by atoms with Crippen LogP contribution < -0.4 is 0 Å². The number of carbonyl (C=O) groups excluding carboxylic acids is 1. The average Bonchev–Trinajstić information content (AvgIpc) is 2.57. The van der Waals surface area contributed by atoms with Crippen molar-refractivity contribution in [2.24, 2.45) is 5.92 Å². The molecule has 1 rings (SSSR count). The summed E-state index contributed by atoms with van der Waals surface area (Å²) in [7, 11) is 0. The number of aryl methyl sites for hydroxylation is 1. The summed E-state index contributed by atoms with van der Waals surface area (Å²) in [4.78, 5) is 12.2. The smallest absolute Gasteiger partial charge is 0.133 e. The second kappa shape index (κ2) is 13.1. The first-order valence-corrected chi connectivity index (χ1v) is 9.42. The largest absolute Gasteiger partial charge is 0.300 e. The molecule has 0 amide bonds. The van der Waals surface area contributed by atoms with Gasteiger partial charge in [0.1, 0.15) is 5.78 Å². The minimum Gasteiger partial charge on any atom is -0.300 e. The van der Waals surface area contributed by atoms with E-state index in [-0.39, 0.29) is 0 Å². The third-order valence-corrected chi connectivity index (χ3v) is 4.51. The molecule has 1 aromatic rings. The molecule has 1 heteroatoms. The minimum absolute atomic E-state index is 0.445. The van der Waals surface area contributed by atoms with E-state index >= 15 is 0 Å². The van der Waals surface area contributed by atoms with Gasteiger partial charge in [-0.1, -0.05) is 75.4 Å². The van der Waals surface area contributed by atoms with E-state index in [2.05, 4.69) is 43.8 Å². The van der Waals surface area contributed by atoms with Crippen LogP contribution in [0.25, 0.3) is 0 Å². The fourth-order valence-corrected chi connectivity index (χ4v) is 3.08. The fraction of sp³-hybridized carbons (Fsp3) is 0.591. The Balaban J connectivity index is 2.23. The van der Waals surface area contributed by atoms with E-state index in [4.69, 9.17) is 0 Å². The number of benzene rings is 1. The second-order valence-corrected chi connectivity index (χ2v) is 6.68. The molecule has 23 heavy (non-hydrogen) atoms. The Morgan fingerprint density at radius 2 is 1.78 bits per heavy atom. The molecule has 0 radical (unpaired) electrons. The highest BCUT2D eigenvalue weighted by atomic mass is 16.1. The van der Waals surface area contributed by atoms with Gasteiger partial charge in [0.05, 0.1) is 0 Å². The second-order valence-electron chi connectivity index (χ2n) is 6.68. The number of ketones is 1. The highest BCUT2D eigenvalue weighted by molar-refractivity contribution is 5.78. The summed E-state index contributed by atoms with van der Waals surface area (Å²) in [5, 5.41) is 0. The lowest BCUT2D eigenvalue weighted by atomic mass is 9.90. The van der Waals surface area contributed by atoms with Crippen LogP contribution in [0.15, 0.2) is 43.0 Å². The van der Waals surface area contributed by atoms with Gasteiger partial charge in [-0.25, -0.2) is 0 Å². The zero-order valence-electron chi connectivity index (χ0n) is 14.9. The van der Waals surface area contributed by atoms with Crippen LogP contribution in [0.5, 0.6) is 0 Å². The summed E-state index contributed by atoms with van der Waals surface area (Å²) < 4.78 is 0. The average molecular weight is 315 g/mol. The number of unbranched alkanes of at least 4 members (excludes halogenated alkanes) is 5. The maximum atomic E-state index is 12.2. The van der Waals surface area contributed by atoms with E-state index in [1.54, 1.807) is 0 Å². The summed E-state index contributed by atoms with van der Waals surface area (Å²) >= 11 is 0. The number of carbonyl (C=O) groups is 1. The molecule has 0 N–H and O–H groups in total. The summed E-state index contributed by atoms with van der Waals surface area (Å²) in [6.07, 6.45) is 14.1. The van der Waals surface area contributed by atoms with E-state index in [0.717, 1.165) is 38.5 Å². The first-order chi connectivity index (χ1) is 11.3. The summed E-state index contributed by atoms with van der Waals surface area (Å²) in [5.41, 5.74) is 1.37. The lowest BCUT2D eigenvalue weighted by molar-refractivity contribution is -0.120. The molecule has 0 spiro atoms. The van der Waals surface area contributed by atoms with E-state index < -0.39 is 0 Å². The Labute approximate surface area is 143 Å². The van der Waals surface area contributed by atoms with Crippen LogP contribution in [-0.4, -0.2) is 5.78 Å². The quantitative estimate of drug-likeness (QED) is 0.282. The molecule has 1 aromatic carbocycles. The SMILES string of the molecule is C=CCC(CCc1ccccc1)CC(=O)CCCCCCCC. The Bertz CT molecular complexity index is 421. The molecule has 1 atom stereocenters. The van der Waals surface area contributed by atoms with Gasteiger partial charge in [0.2, 0.25) is 0 Å². The predicted molar refractivity (Wildman–Crippen MR) is 101 cm³/mol. The molecule has 0 fully saturated rings. The van der Waals surface area contributed by atoms with Crippen LogP contribution in [0.1, 0.15) is 76.7 Å². The fourth-order valence-electron chi connectivity index (χ4n) is 3.08. The van der Waals surface area contributed by atoms with Crippen molar-refractivity contribution in [3.05, 3.63) is 48.6 Å². The Hall–Kier alpha value is -1.37. The van der Waals surface area contributed by atoms with Crippen molar-refractivity contribution in [3.8, 4) is 0 Å². The van der Waals surface area contributed by atoms with Gasteiger partial charge in [-0.05, 0) is 37.2 Å². The van der Waals surface area contributed by atoms with Crippen molar-refractivity contribution >= 4 is 5.78 Å². The molecule has 0 saturated heterocycles. The predicted octanol–water partition coefficient (Wildman–Crippen LogP) is 6.52. The van der Waals surface area contributed by atoms with E-state index in [1.165, 1.54) is 37.7 Å². The topological polar surface area (TPSA) is 17.1 Å². The molecular weight excluding hydrogens is 280 g/mol. The lowest BCUT2D eigenvalue weighted by Gasteiger charge is -2.14. The normalized spacial score (nSPS) is 12.0. The van der Waals surface area contributed by atoms with Crippen molar-refractivity contribution in [3.63, 3.8) is 0 Å². The van der Waals surface area contributed by atoms with Gasteiger partial charge in [-0.3, -0.25) is 4.79 Å². The highest BCUT2D eigenvalue weighted by Crippen LogP contribution is 2.19. The molecule has 0 bridgehead atoms. The van der Waals surface area contributed by atoms with Gasteiger partial charge in [-0.2, -0.15) is 0 Å². The maximum Gasteiger partial charge on any atom is 0.133 e. The van der Waals surface area contributed by atoms with Gasteiger partial charge in [0, 0.05) is 12.8 Å². The zero-order chi connectivity index (χ0) is 16.8. The molecule has 0 aliphatic rings. The van der Waals surface area contributed by atoms with Crippen LogP contribution in [0.3, 0.4) is 0 Å². The molecule has 1 unspecified atom stereocenters. The Morgan fingerprint density at radius 3 is 2.48 bits per heavy atom. The summed E-state index contributed by atoms with van der Waals surface area (Å²) in [6, 6.07) is 10.6. The number of rotatable bonds is 14. The van der Waals surface area contributed by atoms with Crippen molar-refractivity contribution in [1.82, 2.24) is 0 Å². The zero-order valence-corrected chi connectivity index (χ0v) is 14.9. The molecule has 0 aliphatic heterocycles. The van der Waals surface area contributed by atoms with Crippen LogP contribution >= 0.6 is 0 Å². The van der Waals surface area contributed by atoms with E-state index in [0.29, 0.717) is 11.7 Å². The number of Topliss-reactive ketones (excluding diaryl/α,β-unsaturated/α-hetero) is 1. The molecule has 1 nitrogen and oxygen atoms in total.